The highest BCUT2D eigenvalue weighted by molar-refractivity contribution is 6.00. The van der Waals surface area contributed by atoms with Crippen LogP contribution in [0.5, 0.6) is 0 Å². The second-order valence-corrected chi connectivity index (χ2v) is 7.76. The number of allylic oxidation sites excluding steroid dienone is 1. The van der Waals surface area contributed by atoms with Crippen molar-refractivity contribution in [2.45, 2.75) is 56.9 Å². The molecule has 1 fully saturated rings. The van der Waals surface area contributed by atoms with Gasteiger partial charge in [-0.05, 0) is 44.7 Å². The van der Waals surface area contributed by atoms with Gasteiger partial charge in [0, 0.05) is 29.7 Å². The number of carboxylic acid groups (broad SMARTS) is 1. The lowest BCUT2D eigenvalue weighted by molar-refractivity contribution is -0.133. The van der Waals surface area contributed by atoms with E-state index in [4.69, 9.17) is 10.5 Å². The van der Waals surface area contributed by atoms with E-state index in [-0.39, 0.29) is 35.2 Å². The van der Waals surface area contributed by atoms with E-state index in [0.717, 1.165) is 25.7 Å². The molecular weight excluding hydrogens is 386 g/mol. The third kappa shape index (κ3) is 3.93. The zero-order chi connectivity index (χ0) is 21.3. The lowest BCUT2D eigenvalue weighted by Gasteiger charge is -2.37. The van der Waals surface area contributed by atoms with Gasteiger partial charge in [0.1, 0.15) is 11.7 Å². The molecule has 2 heterocycles. The predicted octanol–water partition coefficient (Wildman–Crippen LogP) is 1.27. The minimum absolute atomic E-state index is 0.00582. The van der Waals surface area contributed by atoms with E-state index in [0.29, 0.717) is 17.2 Å². The Labute approximate surface area is 174 Å². The molecule has 0 bridgehead atoms. The fourth-order valence-corrected chi connectivity index (χ4v) is 4.29. The maximum atomic E-state index is 12.6. The Morgan fingerprint density at radius 1 is 1.27 bits per heavy atom. The second kappa shape index (κ2) is 8.27. The lowest BCUT2D eigenvalue weighted by atomic mass is 9.84. The maximum Gasteiger partial charge on any atom is 0.339 e. The molecule has 1 aromatic rings. The Kier molecular flexibility index (Phi) is 5.54. The van der Waals surface area contributed by atoms with Gasteiger partial charge in [-0.1, -0.05) is 6.08 Å². The fourth-order valence-electron chi connectivity index (χ4n) is 4.29. The first-order valence-electron chi connectivity index (χ1n) is 10.1. The minimum Gasteiger partial charge on any atom is -0.478 e. The van der Waals surface area contributed by atoms with Gasteiger partial charge < -0.3 is 26.2 Å². The lowest BCUT2D eigenvalue weighted by Crippen LogP contribution is -2.47. The number of nitrogens with zero attached hydrogens (tertiary/aromatic N) is 2. The number of nitrogens with one attached hydrogen (secondary N) is 2. The molecule has 9 heteroatoms. The van der Waals surface area contributed by atoms with Crippen molar-refractivity contribution in [1.29, 1.82) is 0 Å². The molecule has 0 saturated heterocycles. The average Bonchev–Trinajstić information content (AvgIpc) is 2.72. The largest absolute Gasteiger partial charge is 0.478 e. The number of fused-ring (bicyclic) bond motifs is 1. The molecule has 2 unspecified atom stereocenters. The van der Waals surface area contributed by atoms with Gasteiger partial charge in [0.25, 0.3) is 0 Å². The molecule has 1 saturated carbocycles. The number of hydrogen-bond donors (Lipinski definition) is 4. The first-order valence-corrected chi connectivity index (χ1v) is 10.1. The number of ketones is 1. The molecule has 5 N–H and O–H groups in total. The first kappa shape index (κ1) is 20.1. The number of aromatic nitrogens is 2. The molecule has 30 heavy (non-hydrogen) atoms. The van der Waals surface area contributed by atoms with E-state index < -0.39 is 12.1 Å². The standard InChI is InChI=1S/C21H25N5O4/c1-11-16(20(28)29)18(22)17-14(25-11)7-8-15(27)19(17)30-13-5-3-12(4-6-13)26-21-23-9-2-10-24-21/h2,7-10,12-14,19,25H,3-6,22H2,1H3,(H,28,29)(H,23,24,26)/t12-,13-,14?,19?. The molecule has 0 amide bonds. The Bertz CT molecular complexity index is 932. The van der Waals surface area contributed by atoms with E-state index in [2.05, 4.69) is 20.6 Å². The van der Waals surface area contributed by atoms with Crippen LogP contribution < -0.4 is 16.4 Å². The summed E-state index contributed by atoms with van der Waals surface area (Å²) in [6, 6.07) is 1.67. The summed E-state index contributed by atoms with van der Waals surface area (Å²) in [5, 5.41) is 16.0. The van der Waals surface area contributed by atoms with Crippen molar-refractivity contribution in [3.63, 3.8) is 0 Å². The Morgan fingerprint density at radius 2 is 1.97 bits per heavy atom. The number of anilines is 1. The van der Waals surface area contributed by atoms with Crippen molar-refractivity contribution in [2.75, 3.05) is 5.32 Å². The number of aliphatic carboxylic acids is 1. The van der Waals surface area contributed by atoms with Crippen LogP contribution in [0.25, 0.3) is 0 Å². The molecule has 158 valence electrons. The minimum atomic E-state index is -1.13. The number of carboxylic acids is 1. The highest BCUT2D eigenvalue weighted by Crippen LogP contribution is 2.33. The van der Waals surface area contributed by atoms with Crippen LogP contribution in [-0.2, 0) is 14.3 Å². The summed E-state index contributed by atoms with van der Waals surface area (Å²) in [6.45, 7) is 1.66. The Balaban J connectivity index is 1.46. The summed E-state index contributed by atoms with van der Waals surface area (Å²) >= 11 is 0. The van der Waals surface area contributed by atoms with Crippen LogP contribution in [-0.4, -0.2) is 51.1 Å². The Hall–Kier alpha value is -3.20. The number of dihydropyridines is 1. The van der Waals surface area contributed by atoms with Crippen molar-refractivity contribution in [2.24, 2.45) is 5.73 Å². The highest BCUT2D eigenvalue weighted by Gasteiger charge is 2.39. The number of hydrogen-bond acceptors (Lipinski definition) is 8. The number of ether oxygens (including phenoxy) is 1. The average molecular weight is 411 g/mol. The molecule has 3 aliphatic rings. The van der Waals surface area contributed by atoms with Crippen LogP contribution in [0.3, 0.4) is 0 Å². The van der Waals surface area contributed by atoms with Gasteiger partial charge >= 0.3 is 5.97 Å². The van der Waals surface area contributed by atoms with Crippen molar-refractivity contribution >= 4 is 17.7 Å². The summed E-state index contributed by atoms with van der Waals surface area (Å²) in [7, 11) is 0. The molecule has 1 aliphatic heterocycles. The third-order valence-electron chi connectivity index (χ3n) is 5.77. The molecule has 1 aromatic heterocycles. The quantitative estimate of drug-likeness (QED) is 0.564. The van der Waals surface area contributed by atoms with Gasteiger partial charge in [0.05, 0.1) is 17.8 Å². The summed E-state index contributed by atoms with van der Waals surface area (Å²) in [4.78, 5) is 32.6. The van der Waals surface area contributed by atoms with Gasteiger partial charge in [0.2, 0.25) is 5.95 Å². The fraction of sp³-hybridized carbons (Fsp3) is 0.429. The summed E-state index contributed by atoms with van der Waals surface area (Å²) in [5.41, 5.74) is 7.27. The maximum absolute atomic E-state index is 12.6. The number of nitrogens with two attached hydrogens (primary N) is 1. The topological polar surface area (TPSA) is 139 Å². The number of rotatable bonds is 5. The first-order chi connectivity index (χ1) is 14.4. The molecule has 9 nitrogen and oxygen atoms in total. The molecule has 4 rings (SSSR count). The molecular formula is C21H25N5O4. The molecule has 2 aliphatic carbocycles. The zero-order valence-electron chi connectivity index (χ0n) is 16.7. The molecule has 0 aromatic carbocycles. The monoisotopic (exact) mass is 411 g/mol. The SMILES string of the molecule is CC1=C(C(=O)O)C(N)=C2C(C=CC(=O)C2O[C@H]2CC[C@H](Nc3ncccn3)CC2)N1. The van der Waals surface area contributed by atoms with Crippen LogP contribution >= 0.6 is 0 Å². The van der Waals surface area contributed by atoms with E-state index in [1.54, 1.807) is 31.5 Å². The molecule has 0 radical (unpaired) electrons. The van der Waals surface area contributed by atoms with Gasteiger partial charge in [-0.25, -0.2) is 14.8 Å². The van der Waals surface area contributed by atoms with Crippen molar-refractivity contribution in [3.8, 4) is 0 Å². The van der Waals surface area contributed by atoms with Crippen LogP contribution in [0.15, 0.2) is 53.2 Å². The number of carbonyl (C=O) groups is 2. The van der Waals surface area contributed by atoms with Crippen LogP contribution in [0.4, 0.5) is 5.95 Å². The van der Waals surface area contributed by atoms with Crippen LogP contribution in [0.2, 0.25) is 0 Å². The van der Waals surface area contributed by atoms with Gasteiger partial charge in [-0.3, -0.25) is 4.79 Å². The van der Waals surface area contributed by atoms with Gasteiger partial charge in [0.15, 0.2) is 5.78 Å². The number of carbonyl (C=O) groups excluding carboxylic acids is 1. The Morgan fingerprint density at radius 3 is 2.63 bits per heavy atom. The smallest absolute Gasteiger partial charge is 0.339 e. The summed E-state index contributed by atoms with van der Waals surface area (Å²) in [5.74, 6) is -0.737. The molecule has 2 atom stereocenters. The second-order valence-electron chi connectivity index (χ2n) is 7.76. The zero-order valence-corrected chi connectivity index (χ0v) is 16.7. The van der Waals surface area contributed by atoms with Crippen LogP contribution in [0, 0.1) is 0 Å². The van der Waals surface area contributed by atoms with Crippen molar-refractivity contribution in [1.82, 2.24) is 15.3 Å². The third-order valence-corrected chi connectivity index (χ3v) is 5.77. The van der Waals surface area contributed by atoms with E-state index in [9.17, 15) is 14.7 Å². The van der Waals surface area contributed by atoms with Gasteiger partial charge in [-0.2, -0.15) is 0 Å². The summed E-state index contributed by atoms with van der Waals surface area (Å²) < 4.78 is 6.19. The van der Waals surface area contributed by atoms with Crippen molar-refractivity contribution < 1.29 is 19.4 Å². The van der Waals surface area contributed by atoms with E-state index >= 15 is 0 Å². The molecule has 0 spiro atoms. The summed E-state index contributed by atoms with van der Waals surface area (Å²) in [6.07, 6.45) is 8.84. The highest BCUT2D eigenvalue weighted by atomic mass is 16.5. The van der Waals surface area contributed by atoms with E-state index in [1.807, 2.05) is 0 Å². The van der Waals surface area contributed by atoms with Crippen LogP contribution in [0.1, 0.15) is 32.6 Å². The normalized spacial score (nSPS) is 28.8. The van der Waals surface area contributed by atoms with Gasteiger partial charge in [-0.15, -0.1) is 0 Å². The predicted molar refractivity (Wildman–Crippen MR) is 109 cm³/mol. The van der Waals surface area contributed by atoms with Crippen molar-refractivity contribution in [3.05, 3.63) is 53.2 Å². The van der Waals surface area contributed by atoms with E-state index in [1.165, 1.54) is 6.08 Å².